The molecule has 0 spiro atoms. The molecule has 5 rings (SSSR count). The number of benzene rings is 1. The fourth-order valence-corrected chi connectivity index (χ4v) is 6.10. The summed E-state index contributed by atoms with van der Waals surface area (Å²) in [7, 11) is 1.60. The van der Waals surface area contributed by atoms with Crippen molar-refractivity contribution < 1.29 is 19.0 Å². The minimum absolute atomic E-state index is 0.0963. The second-order valence-corrected chi connectivity index (χ2v) is 10.5. The molecule has 3 aromatic heterocycles. The molecule has 0 saturated carbocycles. The first-order chi connectivity index (χ1) is 16.3. The maximum atomic E-state index is 13.9. The molecule has 1 aliphatic rings. The van der Waals surface area contributed by atoms with Gasteiger partial charge in [-0.15, -0.1) is 21.5 Å². The molecule has 1 aliphatic heterocycles. The van der Waals surface area contributed by atoms with Crippen LogP contribution in [0.2, 0.25) is 0 Å². The molecule has 178 valence electrons. The molecule has 0 unspecified atom stereocenters. The van der Waals surface area contributed by atoms with Crippen LogP contribution in [0.5, 0.6) is 5.75 Å². The molecule has 0 bridgehead atoms. The van der Waals surface area contributed by atoms with Crippen LogP contribution in [0.15, 0.2) is 34.2 Å². The Hall–Kier alpha value is -2.89. The van der Waals surface area contributed by atoms with E-state index >= 15 is 0 Å². The van der Waals surface area contributed by atoms with Crippen molar-refractivity contribution in [2.24, 2.45) is 0 Å². The van der Waals surface area contributed by atoms with Gasteiger partial charge >= 0.3 is 5.97 Å². The molecule has 4 heterocycles. The van der Waals surface area contributed by atoms with E-state index in [0.29, 0.717) is 47.4 Å². The highest BCUT2D eigenvalue weighted by Gasteiger charge is 2.32. The average molecular weight is 501 g/mol. The molecule has 11 heteroatoms. The number of esters is 1. The first kappa shape index (κ1) is 22.9. The van der Waals surface area contributed by atoms with Gasteiger partial charge in [0.1, 0.15) is 10.6 Å². The van der Waals surface area contributed by atoms with Gasteiger partial charge in [0.2, 0.25) is 5.78 Å². The number of rotatable bonds is 6. The van der Waals surface area contributed by atoms with E-state index in [2.05, 4.69) is 10.2 Å². The van der Waals surface area contributed by atoms with Crippen molar-refractivity contribution in [1.29, 1.82) is 0 Å². The Morgan fingerprint density at radius 3 is 2.74 bits per heavy atom. The Balaban J connectivity index is 1.77. The summed E-state index contributed by atoms with van der Waals surface area (Å²) >= 11 is 2.75. The maximum absolute atomic E-state index is 13.9. The number of thioether (sulfide) groups is 1. The third-order valence-corrected chi connectivity index (χ3v) is 7.75. The van der Waals surface area contributed by atoms with E-state index in [4.69, 9.17) is 14.2 Å². The smallest absolute Gasteiger partial charge is 0.316 e. The van der Waals surface area contributed by atoms with Crippen LogP contribution < -0.4 is 10.3 Å². The van der Waals surface area contributed by atoms with Gasteiger partial charge in [-0.05, 0) is 50.6 Å². The number of hydrogen-bond donors (Lipinski definition) is 0. The highest BCUT2D eigenvalue weighted by Crippen LogP contribution is 2.39. The van der Waals surface area contributed by atoms with Gasteiger partial charge in [0.15, 0.2) is 5.16 Å². The van der Waals surface area contributed by atoms with Crippen molar-refractivity contribution in [2.45, 2.75) is 44.6 Å². The van der Waals surface area contributed by atoms with Crippen molar-refractivity contribution in [1.82, 2.24) is 19.2 Å². The number of nitrogens with zero attached hydrogens (tertiary/aromatic N) is 4. The Kier molecular flexibility index (Phi) is 5.86. The average Bonchev–Trinajstić information content (AvgIpc) is 3.39. The lowest BCUT2D eigenvalue weighted by molar-refractivity contribution is -0.139. The zero-order chi connectivity index (χ0) is 24.0. The number of fused-ring (bicyclic) bond motifs is 5. The number of thiophene rings is 1. The van der Waals surface area contributed by atoms with Gasteiger partial charge in [0.05, 0.1) is 42.8 Å². The van der Waals surface area contributed by atoms with Crippen molar-refractivity contribution in [2.75, 3.05) is 19.5 Å². The number of aromatic nitrogens is 4. The Morgan fingerprint density at radius 1 is 1.26 bits per heavy atom. The molecule has 0 fully saturated rings. The normalized spacial score (nSPS) is 14.9. The van der Waals surface area contributed by atoms with Crippen molar-refractivity contribution in [3.05, 3.63) is 45.1 Å². The molecule has 0 radical (unpaired) electrons. The Bertz CT molecular complexity index is 1450. The van der Waals surface area contributed by atoms with Gasteiger partial charge in [-0.2, -0.15) is 0 Å². The van der Waals surface area contributed by atoms with Crippen LogP contribution in [0.25, 0.3) is 21.7 Å². The zero-order valence-corrected chi connectivity index (χ0v) is 20.9. The summed E-state index contributed by atoms with van der Waals surface area (Å²) in [6.07, 6.45) is 0.624. The molecule has 0 saturated heterocycles. The number of methoxy groups -OCH3 is 1. The van der Waals surface area contributed by atoms with E-state index in [1.165, 1.54) is 23.1 Å². The Morgan fingerprint density at radius 2 is 2.03 bits per heavy atom. The molecular weight excluding hydrogens is 476 g/mol. The van der Waals surface area contributed by atoms with E-state index in [-0.39, 0.29) is 22.9 Å². The summed E-state index contributed by atoms with van der Waals surface area (Å²) in [6.45, 7) is 6.58. The van der Waals surface area contributed by atoms with Crippen LogP contribution in [0.3, 0.4) is 0 Å². The molecule has 1 aromatic carbocycles. The summed E-state index contributed by atoms with van der Waals surface area (Å²) in [5.74, 6) is 0.837. The molecule has 9 nitrogen and oxygen atoms in total. The van der Waals surface area contributed by atoms with Crippen molar-refractivity contribution in [3.8, 4) is 11.4 Å². The zero-order valence-electron chi connectivity index (χ0n) is 19.3. The van der Waals surface area contributed by atoms with E-state index < -0.39 is 0 Å². The summed E-state index contributed by atoms with van der Waals surface area (Å²) < 4.78 is 19.8. The molecule has 0 N–H and O–H groups in total. The monoisotopic (exact) mass is 500 g/mol. The van der Waals surface area contributed by atoms with Gasteiger partial charge in [-0.3, -0.25) is 9.59 Å². The van der Waals surface area contributed by atoms with Crippen LogP contribution in [0.4, 0.5) is 0 Å². The van der Waals surface area contributed by atoms with E-state index in [9.17, 15) is 9.59 Å². The lowest BCUT2D eigenvalue weighted by Crippen LogP contribution is -2.32. The quantitative estimate of drug-likeness (QED) is 0.293. The number of ether oxygens (including phenoxy) is 3. The predicted molar refractivity (Wildman–Crippen MR) is 130 cm³/mol. The van der Waals surface area contributed by atoms with Gasteiger partial charge in [0, 0.05) is 11.3 Å². The highest BCUT2D eigenvalue weighted by molar-refractivity contribution is 7.99. The van der Waals surface area contributed by atoms with Crippen LogP contribution in [0, 0.1) is 0 Å². The first-order valence-corrected chi connectivity index (χ1v) is 12.6. The number of carbonyl (C=O) groups is 1. The van der Waals surface area contributed by atoms with Crippen LogP contribution in [-0.2, 0) is 27.3 Å². The second-order valence-electron chi connectivity index (χ2n) is 8.46. The number of hydrogen-bond acceptors (Lipinski definition) is 9. The minimum atomic E-state index is -0.373. The fourth-order valence-electron chi connectivity index (χ4n) is 4.09. The van der Waals surface area contributed by atoms with Gasteiger partial charge in [-0.25, -0.2) is 8.97 Å². The lowest BCUT2D eigenvalue weighted by atomic mass is 9.94. The minimum Gasteiger partial charge on any atom is -0.497 e. The summed E-state index contributed by atoms with van der Waals surface area (Å²) in [4.78, 5) is 27.7. The Labute approximate surface area is 203 Å². The molecule has 4 aromatic rings. The van der Waals surface area contributed by atoms with E-state index in [1.54, 1.807) is 30.7 Å². The molecular formula is C23H24N4O5S2. The summed E-state index contributed by atoms with van der Waals surface area (Å²) in [6, 6.07) is 7.24. The van der Waals surface area contributed by atoms with Crippen LogP contribution >= 0.6 is 23.1 Å². The largest absolute Gasteiger partial charge is 0.497 e. The lowest BCUT2D eigenvalue weighted by Gasteiger charge is -2.29. The molecule has 0 aliphatic carbocycles. The van der Waals surface area contributed by atoms with Gasteiger partial charge in [-0.1, -0.05) is 11.8 Å². The van der Waals surface area contributed by atoms with E-state index in [1.807, 2.05) is 30.4 Å². The van der Waals surface area contributed by atoms with E-state index in [0.717, 1.165) is 15.3 Å². The second kappa shape index (κ2) is 8.71. The van der Waals surface area contributed by atoms with Gasteiger partial charge in [0.25, 0.3) is 5.56 Å². The standard InChI is InChI=1S/C23H24N4O5S2/c1-5-31-17(28)12-33-22-25-24-21-26(13-6-8-14(30-4)9-7-13)19(29)18-15-10-23(2,3)32-11-16(15)34-20(18)27(21)22/h6-9H,5,10-12H2,1-4H3. The molecule has 0 atom stereocenters. The fraction of sp³-hybridized carbons (Fsp3) is 0.391. The topological polar surface area (TPSA) is 97.0 Å². The molecule has 0 amide bonds. The van der Waals surface area contributed by atoms with Gasteiger partial charge < -0.3 is 14.2 Å². The SMILES string of the molecule is CCOC(=O)CSc1nnc2n(-c3ccc(OC)cc3)c(=O)c3c4c(sc3n12)COC(C)(C)C4. The predicted octanol–water partition coefficient (Wildman–Crippen LogP) is 3.61. The summed E-state index contributed by atoms with van der Waals surface area (Å²) in [5.41, 5.74) is 1.12. The maximum Gasteiger partial charge on any atom is 0.316 e. The third kappa shape index (κ3) is 3.87. The number of carbonyl (C=O) groups excluding carboxylic acids is 1. The van der Waals surface area contributed by atoms with Crippen molar-refractivity contribution >= 4 is 45.1 Å². The third-order valence-electron chi connectivity index (χ3n) is 5.66. The highest BCUT2D eigenvalue weighted by atomic mass is 32.2. The van der Waals surface area contributed by atoms with Crippen LogP contribution in [-0.4, -0.2) is 50.2 Å². The van der Waals surface area contributed by atoms with Crippen LogP contribution in [0.1, 0.15) is 31.2 Å². The summed E-state index contributed by atoms with van der Waals surface area (Å²) in [5, 5.41) is 9.85. The molecule has 34 heavy (non-hydrogen) atoms. The first-order valence-electron chi connectivity index (χ1n) is 10.8. The van der Waals surface area contributed by atoms with Crippen molar-refractivity contribution in [3.63, 3.8) is 0 Å².